The Labute approximate surface area is 133 Å². The molecule has 6 heteroatoms. The van der Waals surface area contributed by atoms with E-state index in [1.165, 1.54) is 0 Å². The van der Waals surface area contributed by atoms with Crippen LogP contribution in [0.1, 0.15) is 28.7 Å². The summed E-state index contributed by atoms with van der Waals surface area (Å²) in [5.41, 5.74) is 4.87. The van der Waals surface area contributed by atoms with Crippen LogP contribution in [-0.4, -0.2) is 19.7 Å². The van der Waals surface area contributed by atoms with E-state index in [-0.39, 0.29) is 0 Å². The number of aromatic nitrogens is 3. The first-order valence-electron chi connectivity index (χ1n) is 6.98. The Kier molecular flexibility index (Phi) is 3.76. The maximum absolute atomic E-state index is 10.5. The Morgan fingerprint density at radius 3 is 2.73 bits per heavy atom. The van der Waals surface area contributed by atoms with E-state index in [1.807, 2.05) is 39.0 Å². The summed E-state index contributed by atoms with van der Waals surface area (Å²) in [6.07, 6.45) is 0.715. The van der Waals surface area contributed by atoms with Crippen LogP contribution in [0.25, 0.3) is 5.65 Å². The molecule has 0 aliphatic heterocycles. The third-order valence-electron chi connectivity index (χ3n) is 3.58. The standard InChI is InChI=1S/C16H17ClN4O/c1-9-4-5-12(7-14(9)17)20-16(22)13-8-18-21-11(3)6-10(2)19-15(13)21/h4-8,16,20,22H,1-3H3. The van der Waals surface area contributed by atoms with E-state index in [4.69, 9.17) is 11.6 Å². The monoisotopic (exact) mass is 316 g/mol. The average Bonchev–Trinajstić information content (AvgIpc) is 2.87. The van der Waals surface area contributed by atoms with Crippen LogP contribution in [0, 0.1) is 20.8 Å². The summed E-state index contributed by atoms with van der Waals surface area (Å²) in [6.45, 7) is 5.81. The van der Waals surface area contributed by atoms with Crippen LogP contribution in [0.15, 0.2) is 30.5 Å². The Morgan fingerprint density at radius 2 is 2.00 bits per heavy atom. The second-order valence-electron chi connectivity index (χ2n) is 5.39. The molecule has 1 aromatic carbocycles. The molecule has 1 atom stereocenters. The molecule has 0 spiro atoms. The van der Waals surface area contributed by atoms with Crippen molar-refractivity contribution < 1.29 is 5.11 Å². The molecule has 3 rings (SSSR count). The molecule has 3 aromatic rings. The fraction of sp³-hybridized carbons (Fsp3) is 0.250. The Balaban J connectivity index is 1.95. The summed E-state index contributed by atoms with van der Waals surface area (Å²) in [4.78, 5) is 4.47. The molecule has 0 radical (unpaired) electrons. The van der Waals surface area contributed by atoms with E-state index in [2.05, 4.69) is 15.4 Å². The van der Waals surface area contributed by atoms with Gasteiger partial charge in [0.25, 0.3) is 0 Å². The van der Waals surface area contributed by atoms with Crippen LogP contribution < -0.4 is 5.32 Å². The third kappa shape index (κ3) is 2.65. The van der Waals surface area contributed by atoms with Crippen LogP contribution in [-0.2, 0) is 0 Å². The van der Waals surface area contributed by atoms with Gasteiger partial charge in [0.05, 0.1) is 11.8 Å². The van der Waals surface area contributed by atoms with Gasteiger partial charge in [-0.25, -0.2) is 9.50 Å². The molecule has 0 aliphatic carbocycles. The third-order valence-corrected chi connectivity index (χ3v) is 3.98. The fourth-order valence-electron chi connectivity index (χ4n) is 2.40. The minimum absolute atomic E-state index is 0.628. The van der Waals surface area contributed by atoms with Gasteiger partial charge in [-0.05, 0) is 44.5 Å². The molecular weight excluding hydrogens is 300 g/mol. The van der Waals surface area contributed by atoms with Gasteiger partial charge in [-0.2, -0.15) is 5.10 Å². The lowest BCUT2D eigenvalue weighted by molar-refractivity contribution is 0.209. The van der Waals surface area contributed by atoms with Crippen molar-refractivity contribution in [3.05, 3.63) is 58.0 Å². The minimum atomic E-state index is -0.912. The van der Waals surface area contributed by atoms with Crippen molar-refractivity contribution in [1.29, 1.82) is 0 Å². The number of anilines is 1. The molecule has 5 nitrogen and oxygen atoms in total. The van der Waals surface area contributed by atoms with Crippen molar-refractivity contribution in [3.8, 4) is 0 Å². The highest BCUT2D eigenvalue weighted by Gasteiger charge is 2.16. The van der Waals surface area contributed by atoms with Crippen LogP contribution >= 0.6 is 11.6 Å². The highest BCUT2D eigenvalue weighted by Crippen LogP contribution is 2.25. The molecule has 0 aliphatic rings. The number of fused-ring (bicyclic) bond motifs is 1. The zero-order valence-electron chi connectivity index (χ0n) is 12.6. The molecule has 2 heterocycles. The number of benzene rings is 1. The smallest absolute Gasteiger partial charge is 0.163 e. The number of halogens is 1. The Bertz CT molecular complexity index is 844. The second kappa shape index (κ2) is 5.59. The number of hydrogen-bond donors (Lipinski definition) is 2. The van der Waals surface area contributed by atoms with Gasteiger partial charge >= 0.3 is 0 Å². The van der Waals surface area contributed by atoms with Gasteiger partial charge in [0, 0.05) is 22.1 Å². The molecule has 0 amide bonds. The molecular formula is C16H17ClN4O. The molecule has 0 saturated carbocycles. The van der Waals surface area contributed by atoms with Crippen molar-refractivity contribution in [2.75, 3.05) is 5.32 Å². The summed E-state index contributed by atoms with van der Waals surface area (Å²) in [6, 6.07) is 7.51. The van der Waals surface area contributed by atoms with Crippen LogP contribution in [0.2, 0.25) is 5.02 Å². The number of aliphatic hydroxyl groups is 1. The number of nitrogens with zero attached hydrogens (tertiary/aromatic N) is 3. The zero-order valence-corrected chi connectivity index (χ0v) is 13.4. The zero-order chi connectivity index (χ0) is 15.9. The first kappa shape index (κ1) is 14.8. The Morgan fingerprint density at radius 1 is 1.23 bits per heavy atom. The predicted octanol–water partition coefficient (Wildman–Crippen LogP) is 3.41. The van der Waals surface area contributed by atoms with E-state index in [0.717, 1.165) is 22.6 Å². The first-order valence-corrected chi connectivity index (χ1v) is 7.36. The van der Waals surface area contributed by atoms with Gasteiger partial charge in [0.2, 0.25) is 0 Å². The van der Waals surface area contributed by atoms with E-state index in [1.54, 1.807) is 16.8 Å². The SMILES string of the molecule is Cc1cc(C)n2ncc(C(O)Nc3ccc(C)c(Cl)c3)c2n1. The fourth-order valence-corrected chi connectivity index (χ4v) is 2.58. The van der Waals surface area contributed by atoms with E-state index < -0.39 is 6.23 Å². The molecule has 0 saturated heterocycles. The lowest BCUT2D eigenvalue weighted by atomic mass is 10.2. The lowest BCUT2D eigenvalue weighted by Gasteiger charge is -2.14. The summed E-state index contributed by atoms with van der Waals surface area (Å²) in [7, 11) is 0. The molecule has 114 valence electrons. The van der Waals surface area contributed by atoms with Gasteiger partial charge in [0.15, 0.2) is 11.9 Å². The van der Waals surface area contributed by atoms with Crippen molar-refractivity contribution >= 4 is 22.9 Å². The van der Waals surface area contributed by atoms with Gasteiger partial charge in [-0.15, -0.1) is 0 Å². The first-order chi connectivity index (χ1) is 10.5. The van der Waals surface area contributed by atoms with Crippen LogP contribution in [0.3, 0.4) is 0 Å². The van der Waals surface area contributed by atoms with E-state index in [9.17, 15) is 5.11 Å². The quantitative estimate of drug-likeness (QED) is 0.727. The van der Waals surface area contributed by atoms with Crippen molar-refractivity contribution in [1.82, 2.24) is 14.6 Å². The summed E-state index contributed by atoms with van der Waals surface area (Å²) >= 11 is 6.11. The topological polar surface area (TPSA) is 62.5 Å². The second-order valence-corrected chi connectivity index (χ2v) is 5.79. The number of aliphatic hydroxyl groups excluding tert-OH is 1. The number of aryl methyl sites for hydroxylation is 3. The summed E-state index contributed by atoms with van der Waals surface area (Å²) in [5, 5.41) is 18.4. The summed E-state index contributed by atoms with van der Waals surface area (Å²) < 4.78 is 1.72. The maximum atomic E-state index is 10.5. The normalized spacial score (nSPS) is 12.6. The maximum Gasteiger partial charge on any atom is 0.163 e. The van der Waals surface area contributed by atoms with Crippen molar-refractivity contribution in [3.63, 3.8) is 0 Å². The molecule has 2 N–H and O–H groups in total. The van der Waals surface area contributed by atoms with Gasteiger partial charge in [-0.3, -0.25) is 0 Å². The van der Waals surface area contributed by atoms with Gasteiger partial charge in [-0.1, -0.05) is 17.7 Å². The van der Waals surface area contributed by atoms with Gasteiger partial charge < -0.3 is 10.4 Å². The Hall–Kier alpha value is -2.11. The molecule has 22 heavy (non-hydrogen) atoms. The average molecular weight is 317 g/mol. The van der Waals surface area contributed by atoms with Gasteiger partial charge in [0.1, 0.15) is 0 Å². The number of nitrogens with one attached hydrogen (secondary N) is 1. The lowest BCUT2D eigenvalue weighted by Crippen LogP contribution is -2.10. The highest BCUT2D eigenvalue weighted by atomic mass is 35.5. The van der Waals surface area contributed by atoms with Crippen LogP contribution in [0.5, 0.6) is 0 Å². The number of rotatable bonds is 3. The molecule has 0 bridgehead atoms. The minimum Gasteiger partial charge on any atom is -0.369 e. The van der Waals surface area contributed by atoms with Crippen molar-refractivity contribution in [2.45, 2.75) is 27.0 Å². The van der Waals surface area contributed by atoms with E-state index in [0.29, 0.717) is 16.2 Å². The predicted molar refractivity (Wildman–Crippen MR) is 87.2 cm³/mol. The van der Waals surface area contributed by atoms with E-state index >= 15 is 0 Å². The summed E-state index contributed by atoms with van der Waals surface area (Å²) in [5.74, 6) is 0. The molecule has 1 unspecified atom stereocenters. The molecule has 0 fully saturated rings. The molecule has 2 aromatic heterocycles. The highest BCUT2D eigenvalue weighted by molar-refractivity contribution is 6.31. The van der Waals surface area contributed by atoms with Crippen molar-refractivity contribution in [2.24, 2.45) is 0 Å². The largest absolute Gasteiger partial charge is 0.369 e. The number of hydrogen-bond acceptors (Lipinski definition) is 4. The van der Waals surface area contributed by atoms with Crippen LogP contribution in [0.4, 0.5) is 5.69 Å².